The smallest absolute Gasteiger partial charge is 0.306 e. The molecule has 1 atom stereocenters. The maximum atomic E-state index is 10.5. The zero-order chi connectivity index (χ0) is 16.5. The van der Waals surface area contributed by atoms with Crippen LogP contribution in [0, 0.1) is 16.0 Å². The normalized spacial score (nSPS) is 12.8. The van der Waals surface area contributed by atoms with Gasteiger partial charge >= 0.3 is 5.69 Å². The van der Waals surface area contributed by atoms with Gasteiger partial charge < -0.3 is 11.1 Å². The van der Waals surface area contributed by atoms with Gasteiger partial charge in [0.1, 0.15) is 12.4 Å². The summed E-state index contributed by atoms with van der Waals surface area (Å²) in [6.45, 7) is 7.40. The fourth-order valence-corrected chi connectivity index (χ4v) is 2.04. The zero-order valence-corrected chi connectivity index (χ0v) is 16.3. The number of hydrogen-bond donors (Lipinski definition) is 2. The van der Waals surface area contributed by atoms with Crippen molar-refractivity contribution in [3.05, 3.63) is 22.5 Å². The van der Waals surface area contributed by atoms with E-state index in [9.17, 15) is 10.1 Å². The van der Waals surface area contributed by atoms with Crippen LogP contribution in [0.5, 0.6) is 0 Å². The molecule has 9 heteroatoms. The van der Waals surface area contributed by atoms with Crippen molar-refractivity contribution < 1.29 is 4.92 Å². The van der Waals surface area contributed by atoms with Crippen molar-refractivity contribution in [1.82, 2.24) is 15.1 Å². The van der Waals surface area contributed by atoms with E-state index >= 15 is 0 Å². The SMILES string of the molecule is CC(C)CCCC(C)NC(N)=NCCn1cc([N+](=O)[O-])cn1.I. The Labute approximate surface area is 154 Å². The van der Waals surface area contributed by atoms with E-state index < -0.39 is 4.92 Å². The highest BCUT2D eigenvalue weighted by atomic mass is 127. The lowest BCUT2D eigenvalue weighted by atomic mass is 10.0. The molecule has 1 unspecified atom stereocenters. The molecular formula is C14H27IN6O2. The molecule has 23 heavy (non-hydrogen) atoms. The molecule has 0 spiro atoms. The molecule has 0 bridgehead atoms. The largest absolute Gasteiger partial charge is 0.370 e. The van der Waals surface area contributed by atoms with E-state index in [1.807, 2.05) is 0 Å². The molecule has 8 nitrogen and oxygen atoms in total. The second kappa shape index (κ2) is 11.2. The number of rotatable bonds is 9. The Bertz CT molecular complexity index is 503. The van der Waals surface area contributed by atoms with Crippen LogP contribution in [0.3, 0.4) is 0 Å². The fourth-order valence-electron chi connectivity index (χ4n) is 2.04. The van der Waals surface area contributed by atoms with Crippen LogP contribution in [0.2, 0.25) is 0 Å². The number of nitrogens with two attached hydrogens (primary N) is 1. The molecule has 0 fully saturated rings. The Hall–Kier alpha value is -1.39. The van der Waals surface area contributed by atoms with Gasteiger partial charge in [0.15, 0.2) is 5.96 Å². The minimum Gasteiger partial charge on any atom is -0.370 e. The number of aliphatic imine (C=N–C) groups is 1. The quantitative estimate of drug-likeness (QED) is 0.202. The van der Waals surface area contributed by atoms with Gasteiger partial charge in [0.05, 0.1) is 18.0 Å². The van der Waals surface area contributed by atoms with Crippen molar-refractivity contribution in [2.24, 2.45) is 16.6 Å². The van der Waals surface area contributed by atoms with Gasteiger partial charge in [0.25, 0.3) is 0 Å². The predicted molar refractivity (Wildman–Crippen MR) is 102 cm³/mol. The number of guanidine groups is 1. The van der Waals surface area contributed by atoms with Crippen molar-refractivity contribution in [3.63, 3.8) is 0 Å². The minimum atomic E-state index is -0.471. The number of aromatic nitrogens is 2. The molecule has 0 aliphatic heterocycles. The lowest BCUT2D eigenvalue weighted by molar-refractivity contribution is -0.385. The summed E-state index contributed by atoms with van der Waals surface area (Å²) in [7, 11) is 0. The Kier molecular flexibility index (Phi) is 10.5. The first kappa shape index (κ1) is 21.6. The van der Waals surface area contributed by atoms with E-state index in [0.29, 0.717) is 19.0 Å². The van der Waals surface area contributed by atoms with Gasteiger partial charge in [-0.05, 0) is 19.3 Å². The lowest BCUT2D eigenvalue weighted by Crippen LogP contribution is -2.38. The van der Waals surface area contributed by atoms with E-state index in [4.69, 9.17) is 5.73 Å². The van der Waals surface area contributed by atoms with Gasteiger partial charge in [-0.1, -0.05) is 26.7 Å². The van der Waals surface area contributed by atoms with Crippen LogP contribution in [0.1, 0.15) is 40.0 Å². The van der Waals surface area contributed by atoms with Gasteiger partial charge in [0.2, 0.25) is 0 Å². The van der Waals surface area contributed by atoms with E-state index in [1.165, 1.54) is 23.5 Å². The van der Waals surface area contributed by atoms with Crippen molar-refractivity contribution in [2.75, 3.05) is 6.54 Å². The Morgan fingerprint density at radius 2 is 2.17 bits per heavy atom. The highest BCUT2D eigenvalue weighted by Crippen LogP contribution is 2.08. The third-order valence-electron chi connectivity index (χ3n) is 3.25. The summed E-state index contributed by atoms with van der Waals surface area (Å²) >= 11 is 0. The summed E-state index contributed by atoms with van der Waals surface area (Å²) in [5, 5.41) is 17.6. The van der Waals surface area contributed by atoms with E-state index in [0.717, 1.165) is 18.8 Å². The molecule has 0 aliphatic rings. The molecule has 1 heterocycles. The zero-order valence-electron chi connectivity index (χ0n) is 13.9. The molecule has 0 amide bonds. The second-order valence-corrected chi connectivity index (χ2v) is 5.86. The molecule has 0 saturated heterocycles. The van der Waals surface area contributed by atoms with E-state index in [2.05, 4.69) is 36.2 Å². The number of nitrogens with zero attached hydrogens (tertiary/aromatic N) is 4. The fraction of sp³-hybridized carbons (Fsp3) is 0.714. The first-order valence-corrected chi connectivity index (χ1v) is 7.61. The average molecular weight is 438 g/mol. The highest BCUT2D eigenvalue weighted by Gasteiger charge is 2.08. The van der Waals surface area contributed by atoms with Crippen LogP contribution in [0.4, 0.5) is 5.69 Å². The highest BCUT2D eigenvalue weighted by molar-refractivity contribution is 14.0. The van der Waals surface area contributed by atoms with E-state index in [-0.39, 0.29) is 35.7 Å². The van der Waals surface area contributed by atoms with Crippen LogP contribution in [-0.2, 0) is 6.54 Å². The van der Waals surface area contributed by atoms with Gasteiger partial charge in [-0.3, -0.25) is 19.8 Å². The molecule has 132 valence electrons. The first-order valence-electron chi connectivity index (χ1n) is 7.61. The van der Waals surface area contributed by atoms with Crippen LogP contribution in [-0.4, -0.2) is 33.2 Å². The molecule has 1 aromatic rings. The second-order valence-electron chi connectivity index (χ2n) is 5.86. The molecule has 0 saturated carbocycles. The van der Waals surface area contributed by atoms with Crippen LogP contribution in [0.25, 0.3) is 0 Å². The summed E-state index contributed by atoms with van der Waals surface area (Å²) in [5.41, 5.74) is 5.81. The first-order chi connectivity index (χ1) is 10.4. The summed E-state index contributed by atoms with van der Waals surface area (Å²) in [5.74, 6) is 1.12. The van der Waals surface area contributed by atoms with Crippen molar-refractivity contribution in [3.8, 4) is 0 Å². The molecule has 3 N–H and O–H groups in total. The van der Waals surface area contributed by atoms with E-state index in [1.54, 1.807) is 0 Å². The predicted octanol–water partition coefficient (Wildman–Crippen LogP) is 2.53. The lowest BCUT2D eigenvalue weighted by Gasteiger charge is -2.15. The van der Waals surface area contributed by atoms with Crippen LogP contribution >= 0.6 is 24.0 Å². The molecule has 1 rings (SSSR count). The maximum Gasteiger partial charge on any atom is 0.306 e. The molecular weight excluding hydrogens is 411 g/mol. The van der Waals surface area contributed by atoms with Gasteiger partial charge in [-0.15, -0.1) is 24.0 Å². The third kappa shape index (κ3) is 9.36. The standard InChI is InChI=1S/C14H26N6O2.HI/c1-11(2)5-4-6-12(3)18-14(15)16-7-8-19-10-13(9-17-19)20(21)22;/h9-12H,4-8H2,1-3H3,(H3,15,16,18);1H. The summed E-state index contributed by atoms with van der Waals surface area (Å²) in [4.78, 5) is 14.3. The summed E-state index contributed by atoms with van der Waals surface area (Å²) in [6.07, 6.45) is 6.03. The number of hydrogen-bond acceptors (Lipinski definition) is 4. The molecule has 1 aromatic heterocycles. The van der Waals surface area contributed by atoms with Gasteiger partial charge in [-0.25, -0.2) is 0 Å². The number of halogens is 1. The average Bonchev–Trinajstić information content (AvgIpc) is 2.87. The van der Waals surface area contributed by atoms with Crippen molar-refractivity contribution in [2.45, 2.75) is 52.6 Å². The molecule has 0 radical (unpaired) electrons. The Morgan fingerprint density at radius 3 is 2.74 bits per heavy atom. The van der Waals surface area contributed by atoms with Crippen molar-refractivity contribution in [1.29, 1.82) is 0 Å². The molecule has 0 aromatic carbocycles. The molecule has 0 aliphatic carbocycles. The van der Waals surface area contributed by atoms with Crippen molar-refractivity contribution >= 4 is 35.6 Å². The maximum absolute atomic E-state index is 10.5. The minimum absolute atomic E-state index is 0. The topological polar surface area (TPSA) is 111 Å². The monoisotopic (exact) mass is 438 g/mol. The van der Waals surface area contributed by atoms with Crippen LogP contribution < -0.4 is 11.1 Å². The number of nitro groups is 1. The van der Waals surface area contributed by atoms with Gasteiger partial charge in [0, 0.05) is 6.04 Å². The van der Waals surface area contributed by atoms with Gasteiger partial charge in [-0.2, -0.15) is 5.10 Å². The third-order valence-corrected chi connectivity index (χ3v) is 3.25. The van der Waals surface area contributed by atoms with Crippen LogP contribution in [0.15, 0.2) is 17.4 Å². The summed E-state index contributed by atoms with van der Waals surface area (Å²) in [6, 6.07) is 0.285. The summed E-state index contributed by atoms with van der Waals surface area (Å²) < 4.78 is 1.49. The Morgan fingerprint density at radius 1 is 1.48 bits per heavy atom. The number of nitrogens with one attached hydrogen (secondary N) is 1. The Balaban J connectivity index is 0.00000484.